The third-order valence-corrected chi connectivity index (χ3v) is 4.18. The molecular weight excluding hydrogens is 288 g/mol. The van der Waals surface area contributed by atoms with E-state index < -0.39 is 5.97 Å². The van der Waals surface area contributed by atoms with Gasteiger partial charge in [-0.05, 0) is 12.1 Å². The third-order valence-electron chi connectivity index (χ3n) is 3.24. The maximum absolute atomic E-state index is 11.4. The maximum Gasteiger partial charge on any atom is 0.339 e. The first kappa shape index (κ1) is 13.8. The minimum absolute atomic E-state index is 0.0955. The van der Waals surface area contributed by atoms with E-state index >= 15 is 0 Å². The van der Waals surface area contributed by atoms with Crippen molar-refractivity contribution in [1.82, 2.24) is 15.0 Å². The molecule has 3 rings (SSSR count). The summed E-state index contributed by atoms with van der Waals surface area (Å²) in [6.07, 6.45) is 4.65. The number of anilines is 1. The fourth-order valence-corrected chi connectivity index (χ4v) is 3.07. The van der Waals surface area contributed by atoms with Crippen LogP contribution in [0.4, 0.5) is 5.95 Å². The number of aromatic carboxylic acids is 1. The molecule has 108 valence electrons. The van der Waals surface area contributed by atoms with Crippen LogP contribution in [0.5, 0.6) is 0 Å². The van der Waals surface area contributed by atoms with Crippen LogP contribution in [-0.2, 0) is 0 Å². The zero-order valence-corrected chi connectivity index (χ0v) is 12.1. The number of aromatic nitrogens is 3. The van der Waals surface area contributed by atoms with Gasteiger partial charge in [-0.25, -0.2) is 14.8 Å². The number of nitrogens with zero attached hydrogens (tertiary/aromatic N) is 4. The molecule has 0 aliphatic carbocycles. The Hall–Kier alpha value is -2.15. The summed E-state index contributed by atoms with van der Waals surface area (Å²) in [6, 6.07) is 3.57. The van der Waals surface area contributed by atoms with Gasteiger partial charge in [-0.3, -0.25) is 4.98 Å². The topological polar surface area (TPSA) is 79.2 Å². The molecule has 0 atom stereocenters. The van der Waals surface area contributed by atoms with Crippen molar-refractivity contribution in [3.63, 3.8) is 0 Å². The summed E-state index contributed by atoms with van der Waals surface area (Å²) in [5.41, 5.74) is 1.20. The van der Waals surface area contributed by atoms with E-state index in [-0.39, 0.29) is 5.56 Å². The molecule has 0 bridgehead atoms. The molecule has 0 unspecified atom stereocenters. The Morgan fingerprint density at radius 2 is 2.10 bits per heavy atom. The van der Waals surface area contributed by atoms with Gasteiger partial charge in [-0.15, -0.1) is 0 Å². The Morgan fingerprint density at radius 1 is 1.29 bits per heavy atom. The van der Waals surface area contributed by atoms with Gasteiger partial charge in [0.1, 0.15) is 5.56 Å². The first-order chi connectivity index (χ1) is 10.3. The van der Waals surface area contributed by atoms with Crippen LogP contribution in [0.3, 0.4) is 0 Å². The number of carbonyl (C=O) groups is 1. The molecule has 1 N–H and O–H groups in total. The molecule has 0 radical (unpaired) electrons. The normalized spacial score (nSPS) is 15.0. The van der Waals surface area contributed by atoms with E-state index in [1.165, 1.54) is 6.20 Å². The number of carboxylic acid groups (broad SMARTS) is 1. The standard InChI is InChI=1S/C14H14N4O2S/c19-13(20)11-9-16-14(18-4-6-21-7-5-18)17-12(11)10-2-1-3-15-8-10/h1-3,8-9H,4-7H2,(H,19,20). The van der Waals surface area contributed by atoms with Gasteiger partial charge < -0.3 is 10.0 Å². The van der Waals surface area contributed by atoms with Gasteiger partial charge in [0.15, 0.2) is 0 Å². The summed E-state index contributed by atoms with van der Waals surface area (Å²) in [4.78, 5) is 26.2. The van der Waals surface area contributed by atoms with Crippen molar-refractivity contribution >= 4 is 23.7 Å². The van der Waals surface area contributed by atoms with Crippen molar-refractivity contribution in [1.29, 1.82) is 0 Å². The molecule has 1 fully saturated rings. The van der Waals surface area contributed by atoms with Crippen LogP contribution in [0.2, 0.25) is 0 Å². The Bertz CT molecular complexity index is 645. The van der Waals surface area contributed by atoms with Crippen LogP contribution in [0, 0.1) is 0 Å². The van der Waals surface area contributed by atoms with Crippen LogP contribution >= 0.6 is 11.8 Å². The SMILES string of the molecule is O=C(O)c1cnc(N2CCSCC2)nc1-c1cccnc1. The van der Waals surface area contributed by atoms with Gasteiger partial charge >= 0.3 is 5.97 Å². The minimum atomic E-state index is -1.03. The predicted octanol–water partition coefficient (Wildman–Crippen LogP) is 1.79. The van der Waals surface area contributed by atoms with Crippen molar-refractivity contribution in [3.05, 3.63) is 36.3 Å². The minimum Gasteiger partial charge on any atom is -0.478 e. The number of rotatable bonds is 3. The highest BCUT2D eigenvalue weighted by Gasteiger charge is 2.19. The van der Waals surface area contributed by atoms with Crippen LogP contribution in [0.1, 0.15) is 10.4 Å². The number of thioether (sulfide) groups is 1. The molecule has 0 saturated carbocycles. The van der Waals surface area contributed by atoms with Gasteiger partial charge in [-0.1, -0.05) is 0 Å². The first-order valence-electron chi connectivity index (χ1n) is 6.59. The second-order valence-electron chi connectivity index (χ2n) is 4.58. The highest BCUT2D eigenvalue weighted by Crippen LogP contribution is 2.24. The van der Waals surface area contributed by atoms with E-state index in [4.69, 9.17) is 0 Å². The Morgan fingerprint density at radius 3 is 2.76 bits per heavy atom. The van der Waals surface area contributed by atoms with Gasteiger partial charge in [0.2, 0.25) is 5.95 Å². The lowest BCUT2D eigenvalue weighted by Gasteiger charge is -2.26. The molecule has 2 aromatic heterocycles. The summed E-state index contributed by atoms with van der Waals surface area (Å²) in [5.74, 6) is 1.62. The molecule has 0 amide bonds. The fraction of sp³-hybridized carbons (Fsp3) is 0.286. The second-order valence-corrected chi connectivity index (χ2v) is 5.80. The zero-order chi connectivity index (χ0) is 14.7. The van der Waals surface area contributed by atoms with Crippen molar-refractivity contribution in [2.75, 3.05) is 29.5 Å². The van der Waals surface area contributed by atoms with Gasteiger partial charge in [0, 0.05) is 48.7 Å². The van der Waals surface area contributed by atoms with E-state index in [1.807, 2.05) is 11.8 Å². The lowest BCUT2D eigenvalue weighted by molar-refractivity contribution is 0.0697. The quantitative estimate of drug-likeness (QED) is 0.926. The van der Waals surface area contributed by atoms with Crippen molar-refractivity contribution < 1.29 is 9.90 Å². The Kier molecular flexibility index (Phi) is 4.01. The van der Waals surface area contributed by atoms with Crippen LogP contribution in [0.25, 0.3) is 11.3 Å². The highest BCUT2D eigenvalue weighted by molar-refractivity contribution is 7.99. The van der Waals surface area contributed by atoms with E-state index in [1.54, 1.807) is 24.5 Å². The highest BCUT2D eigenvalue weighted by atomic mass is 32.2. The van der Waals surface area contributed by atoms with Gasteiger partial charge in [-0.2, -0.15) is 11.8 Å². The van der Waals surface area contributed by atoms with E-state index in [9.17, 15) is 9.90 Å². The van der Waals surface area contributed by atoms with Crippen LogP contribution < -0.4 is 4.90 Å². The average molecular weight is 302 g/mol. The molecule has 6 nitrogen and oxygen atoms in total. The molecule has 21 heavy (non-hydrogen) atoms. The zero-order valence-electron chi connectivity index (χ0n) is 11.3. The summed E-state index contributed by atoms with van der Waals surface area (Å²) in [6.45, 7) is 1.76. The molecule has 1 aliphatic rings. The summed E-state index contributed by atoms with van der Waals surface area (Å²) in [5, 5.41) is 9.31. The molecular formula is C14H14N4O2S. The second kappa shape index (κ2) is 6.09. The molecule has 2 aromatic rings. The van der Waals surface area contributed by atoms with E-state index in [0.717, 1.165) is 24.6 Å². The summed E-state index contributed by atoms with van der Waals surface area (Å²) < 4.78 is 0. The van der Waals surface area contributed by atoms with Gasteiger partial charge in [0.25, 0.3) is 0 Å². The molecule has 0 spiro atoms. The summed E-state index contributed by atoms with van der Waals surface area (Å²) >= 11 is 1.90. The first-order valence-corrected chi connectivity index (χ1v) is 7.74. The van der Waals surface area contributed by atoms with Crippen molar-refractivity contribution in [3.8, 4) is 11.3 Å². The molecule has 1 saturated heterocycles. The number of hydrogen-bond donors (Lipinski definition) is 1. The largest absolute Gasteiger partial charge is 0.478 e. The predicted molar refractivity (Wildman–Crippen MR) is 81.8 cm³/mol. The smallest absolute Gasteiger partial charge is 0.339 e. The van der Waals surface area contributed by atoms with Crippen LogP contribution in [-0.4, -0.2) is 50.6 Å². The molecule has 1 aliphatic heterocycles. The Balaban J connectivity index is 2.04. The Labute approximate surface area is 126 Å². The number of carboxylic acids is 1. The average Bonchev–Trinajstić information content (AvgIpc) is 2.56. The maximum atomic E-state index is 11.4. The number of pyridine rings is 1. The molecule has 7 heteroatoms. The summed E-state index contributed by atoms with van der Waals surface area (Å²) in [7, 11) is 0. The fourth-order valence-electron chi connectivity index (χ4n) is 2.17. The van der Waals surface area contributed by atoms with Crippen LogP contribution in [0.15, 0.2) is 30.7 Å². The lowest BCUT2D eigenvalue weighted by Crippen LogP contribution is -2.34. The molecule has 3 heterocycles. The third kappa shape index (κ3) is 2.97. The van der Waals surface area contributed by atoms with Crippen molar-refractivity contribution in [2.45, 2.75) is 0 Å². The molecule has 0 aromatic carbocycles. The van der Waals surface area contributed by atoms with Crippen molar-refractivity contribution in [2.24, 2.45) is 0 Å². The van der Waals surface area contributed by atoms with E-state index in [0.29, 0.717) is 17.2 Å². The lowest BCUT2D eigenvalue weighted by atomic mass is 10.1. The van der Waals surface area contributed by atoms with Gasteiger partial charge in [0.05, 0.1) is 5.69 Å². The monoisotopic (exact) mass is 302 g/mol. The number of hydrogen-bond acceptors (Lipinski definition) is 6. The van der Waals surface area contributed by atoms with E-state index in [2.05, 4.69) is 19.9 Å².